The Bertz CT molecular complexity index is 869. The minimum atomic E-state index is -0.214. The summed E-state index contributed by atoms with van der Waals surface area (Å²) < 4.78 is 1.69. The van der Waals surface area contributed by atoms with Crippen molar-refractivity contribution in [3.8, 4) is 5.82 Å². The van der Waals surface area contributed by atoms with E-state index in [4.69, 9.17) is 0 Å². The Kier molecular flexibility index (Phi) is 5.54. The van der Waals surface area contributed by atoms with E-state index in [1.165, 1.54) is 0 Å². The van der Waals surface area contributed by atoms with Crippen molar-refractivity contribution in [1.82, 2.24) is 25.4 Å². The molecule has 2 aromatic heterocycles. The maximum absolute atomic E-state index is 12.6. The van der Waals surface area contributed by atoms with Gasteiger partial charge in [0.25, 0.3) is 0 Å². The molecule has 3 aromatic rings. The van der Waals surface area contributed by atoms with Gasteiger partial charge in [0.15, 0.2) is 5.82 Å². The molecule has 0 bridgehead atoms. The maximum Gasteiger partial charge on any atom is 0.315 e. The Labute approximate surface area is 159 Å². The normalized spacial score (nSPS) is 12.4. The predicted molar refractivity (Wildman–Crippen MR) is 105 cm³/mol. The highest BCUT2D eigenvalue weighted by Gasteiger charge is 2.27. The molecule has 1 unspecified atom stereocenters. The zero-order valence-electron chi connectivity index (χ0n) is 15.9. The van der Waals surface area contributed by atoms with Crippen molar-refractivity contribution < 1.29 is 4.79 Å². The highest BCUT2D eigenvalue weighted by Crippen LogP contribution is 2.32. The van der Waals surface area contributed by atoms with E-state index in [1.54, 1.807) is 17.1 Å². The van der Waals surface area contributed by atoms with Gasteiger partial charge in [-0.3, -0.25) is 0 Å². The summed E-state index contributed by atoms with van der Waals surface area (Å²) in [6, 6.07) is 15.3. The largest absolute Gasteiger partial charge is 0.334 e. The van der Waals surface area contributed by atoms with Gasteiger partial charge in [-0.15, -0.1) is 0 Å². The van der Waals surface area contributed by atoms with Crippen molar-refractivity contribution in [2.45, 2.75) is 33.4 Å². The van der Waals surface area contributed by atoms with Crippen molar-refractivity contribution >= 4 is 6.03 Å². The first kappa shape index (κ1) is 18.6. The number of carbonyl (C=O) groups is 1. The van der Waals surface area contributed by atoms with Crippen LogP contribution in [0.1, 0.15) is 37.9 Å². The first-order chi connectivity index (χ1) is 12.9. The molecular formula is C21H25N5O. The summed E-state index contributed by atoms with van der Waals surface area (Å²) >= 11 is 0. The molecule has 0 spiro atoms. The van der Waals surface area contributed by atoms with Gasteiger partial charge in [-0.1, -0.05) is 57.2 Å². The summed E-state index contributed by atoms with van der Waals surface area (Å²) in [6.07, 6.45) is 5.24. The molecule has 2 heterocycles. The molecule has 0 radical (unpaired) electrons. The van der Waals surface area contributed by atoms with Gasteiger partial charge in [-0.05, 0) is 23.1 Å². The zero-order chi connectivity index (χ0) is 19.3. The smallest absolute Gasteiger partial charge is 0.315 e. The Hall–Kier alpha value is -3.15. The zero-order valence-corrected chi connectivity index (χ0v) is 15.9. The summed E-state index contributed by atoms with van der Waals surface area (Å²) in [6.45, 7) is 6.70. The van der Waals surface area contributed by atoms with E-state index < -0.39 is 0 Å². The Balaban J connectivity index is 1.69. The van der Waals surface area contributed by atoms with E-state index in [9.17, 15) is 4.79 Å². The van der Waals surface area contributed by atoms with Gasteiger partial charge in [-0.25, -0.2) is 14.5 Å². The van der Waals surface area contributed by atoms with Crippen LogP contribution in [0.15, 0.2) is 67.1 Å². The summed E-state index contributed by atoms with van der Waals surface area (Å²) in [5.74, 6) is 0.707. The average Bonchev–Trinajstić information content (AvgIpc) is 3.19. The van der Waals surface area contributed by atoms with E-state index in [0.29, 0.717) is 12.4 Å². The summed E-state index contributed by atoms with van der Waals surface area (Å²) in [5.41, 5.74) is 1.86. The Morgan fingerprint density at radius 2 is 1.85 bits per heavy atom. The number of hydrogen-bond acceptors (Lipinski definition) is 3. The second kappa shape index (κ2) is 8.03. The third-order valence-electron chi connectivity index (χ3n) is 4.30. The predicted octanol–water partition coefficient (Wildman–Crippen LogP) is 3.85. The standard InChI is InChI=1S/C21H25N5O/c1-21(2,3)18(16-9-5-4-6-10-16)25-20(27)23-15-17-11-7-12-22-19(17)26-14-8-13-24-26/h4-14,18H,15H2,1-3H3,(H2,23,25,27). The molecule has 0 saturated carbocycles. The van der Waals surface area contributed by atoms with E-state index in [-0.39, 0.29) is 17.5 Å². The van der Waals surface area contributed by atoms with Crippen LogP contribution in [0.5, 0.6) is 0 Å². The van der Waals surface area contributed by atoms with E-state index in [1.807, 2.05) is 54.7 Å². The molecule has 1 atom stereocenters. The molecule has 0 aliphatic heterocycles. The van der Waals surface area contributed by atoms with Crippen molar-refractivity contribution in [2.24, 2.45) is 5.41 Å². The van der Waals surface area contributed by atoms with Gasteiger partial charge in [0.05, 0.1) is 6.04 Å². The number of amides is 2. The topological polar surface area (TPSA) is 71.8 Å². The molecule has 6 heteroatoms. The Morgan fingerprint density at radius 3 is 2.52 bits per heavy atom. The van der Waals surface area contributed by atoms with Gasteiger partial charge in [0.2, 0.25) is 0 Å². The van der Waals surface area contributed by atoms with E-state index in [0.717, 1.165) is 11.1 Å². The van der Waals surface area contributed by atoms with Gasteiger partial charge in [0, 0.05) is 30.7 Å². The molecule has 2 N–H and O–H groups in total. The lowest BCUT2D eigenvalue weighted by Crippen LogP contribution is -2.42. The second-order valence-electron chi connectivity index (χ2n) is 7.47. The van der Waals surface area contributed by atoms with Crippen LogP contribution in [0.4, 0.5) is 4.79 Å². The number of carbonyl (C=O) groups excluding carboxylic acids is 1. The lowest BCUT2D eigenvalue weighted by atomic mass is 9.82. The number of rotatable bonds is 5. The van der Waals surface area contributed by atoms with Gasteiger partial charge in [0.1, 0.15) is 0 Å². The van der Waals surface area contributed by atoms with Crippen LogP contribution in [0.25, 0.3) is 5.82 Å². The highest BCUT2D eigenvalue weighted by atomic mass is 16.2. The molecule has 1 aromatic carbocycles. The molecule has 0 fully saturated rings. The molecule has 0 aliphatic rings. The summed E-state index contributed by atoms with van der Waals surface area (Å²) in [4.78, 5) is 17.0. The number of nitrogens with one attached hydrogen (secondary N) is 2. The van der Waals surface area contributed by atoms with Crippen molar-refractivity contribution in [1.29, 1.82) is 0 Å². The Morgan fingerprint density at radius 1 is 1.07 bits per heavy atom. The van der Waals surface area contributed by atoms with Crippen LogP contribution in [-0.2, 0) is 6.54 Å². The number of nitrogens with zero attached hydrogens (tertiary/aromatic N) is 3. The number of hydrogen-bond donors (Lipinski definition) is 2. The fraction of sp³-hybridized carbons (Fsp3) is 0.286. The SMILES string of the molecule is CC(C)(C)C(NC(=O)NCc1cccnc1-n1cccn1)c1ccccc1. The van der Waals surface area contributed by atoms with E-state index in [2.05, 4.69) is 41.5 Å². The molecule has 3 rings (SSSR count). The van der Waals surface area contributed by atoms with Gasteiger partial charge >= 0.3 is 6.03 Å². The third-order valence-corrected chi connectivity index (χ3v) is 4.30. The number of aromatic nitrogens is 3. The van der Waals surface area contributed by atoms with Crippen LogP contribution >= 0.6 is 0 Å². The highest BCUT2D eigenvalue weighted by molar-refractivity contribution is 5.74. The quantitative estimate of drug-likeness (QED) is 0.723. The molecule has 0 aliphatic carbocycles. The minimum absolute atomic E-state index is 0.0989. The van der Waals surface area contributed by atoms with Gasteiger partial charge in [-0.2, -0.15) is 5.10 Å². The van der Waals surface area contributed by atoms with E-state index >= 15 is 0 Å². The molecule has 140 valence electrons. The fourth-order valence-corrected chi connectivity index (χ4v) is 2.97. The maximum atomic E-state index is 12.6. The van der Waals surface area contributed by atoms with Crippen molar-refractivity contribution in [3.05, 3.63) is 78.2 Å². The molecular weight excluding hydrogens is 338 g/mol. The van der Waals surface area contributed by atoms with Crippen LogP contribution < -0.4 is 10.6 Å². The molecule has 2 amide bonds. The van der Waals surface area contributed by atoms with Crippen LogP contribution in [0, 0.1) is 5.41 Å². The minimum Gasteiger partial charge on any atom is -0.334 e. The molecule has 0 saturated heterocycles. The molecule has 6 nitrogen and oxygen atoms in total. The lowest BCUT2D eigenvalue weighted by molar-refractivity contribution is 0.218. The van der Waals surface area contributed by atoms with Crippen LogP contribution in [-0.4, -0.2) is 20.8 Å². The van der Waals surface area contributed by atoms with Crippen LogP contribution in [0.3, 0.4) is 0 Å². The second-order valence-corrected chi connectivity index (χ2v) is 7.47. The van der Waals surface area contributed by atoms with Crippen molar-refractivity contribution in [3.63, 3.8) is 0 Å². The average molecular weight is 363 g/mol. The molecule has 27 heavy (non-hydrogen) atoms. The third kappa shape index (κ3) is 4.73. The lowest BCUT2D eigenvalue weighted by Gasteiger charge is -2.32. The first-order valence-corrected chi connectivity index (χ1v) is 8.98. The fourth-order valence-electron chi connectivity index (χ4n) is 2.97. The monoisotopic (exact) mass is 363 g/mol. The van der Waals surface area contributed by atoms with Gasteiger partial charge < -0.3 is 10.6 Å². The first-order valence-electron chi connectivity index (χ1n) is 8.98. The summed E-state index contributed by atoms with van der Waals surface area (Å²) in [7, 11) is 0. The number of benzene rings is 1. The number of urea groups is 1. The number of pyridine rings is 1. The summed E-state index contributed by atoms with van der Waals surface area (Å²) in [5, 5.41) is 10.3. The van der Waals surface area contributed by atoms with Crippen LogP contribution in [0.2, 0.25) is 0 Å². The van der Waals surface area contributed by atoms with Crippen molar-refractivity contribution in [2.75, 3.05) is 0 Å².